The fourth-order valence-corrected chi connectivity index (χ4v) is 1.83. The lowest BCUT2D eigenvalue weighted by molar-refractivity contribution is -0.116. The van der Waals surface area contributed by atoms with E-state index in [0.717, 1.165) is 0 Å². The van der Waals surface area contributed by atoms with Gasteiger partial charge in [0.25, 0.3) is 0 Å². The number of nitrogen functional groups attached to an aromatic ring is 1. The molecule has 0 spiro atoms. The van der Waals surface area contributed by atoms with E-state index in [4.69, 9.17) is 22.1 Å². The summed E-state index contributed by atoms with van der Waals surface area (Å²) in [6.07, 6.45) is 0.222. The van der Waals surface area contributed by atoms with Gasteiger partial charge in [-0.1, -0.05) is 35.9 Å². The van der Waals surface area contributed by atoms with Crippen LogP contribution in [0.15, 0.2) is 48.5 Å². The Kier molecular flexibility index (Phi) is 4.85. The number of nitrogens with one attached hydrogen (secondary N) is 1. The molecule has 104 valence electrons. The first-order chi connectivity index (χ1) is 9.66. The van der Waals surface area contributed by atoms with Gasteiger partial charge in [-0.15, -0.1) is 0 Å². The van der Waals surface area contributed by atoms with Crippen molar-refractivity contribution in [3.63, 3.8) is 0 Å². The Morgan fingerprint density at radius 3 is 2.60 bits per heavy atom. The van der Waals surface area contributed by atoms with Crippen LogP contribution in [0.5, 0.6) is 5.75 Å². The molecule has 2 aromatic carbocycles. The summed E-state index contributed by atoms with van der Waals surface area (Å²) in [5.41, 5.74) is 6.89. The monoisotopic (exact) mass is 290 g/mol. The van der Waals surface area contributed by atoms with E-state index in [1.807, 2.05) is 24.3 Å². The largest absolute Gasteiger partial charge is 0.491 e. The highest BCUT2D eigenvalue weighted by Gasteiger charge is 2.06. The number of anilines is 2. The molecule has 0 fully saturated rings. The summed E-state index contributed by atoms with van der Waals surface area (Å²) in [7, 11) is 0. The summed E-state index contributed by atoms with van der Waals surface area (Å²) < 4.78 is 5.45. The van der Waals surface area contributed by atoms with Gasteiger partial charge in [-0.25, -0.2) is 0 Å². The molecular formula is C15H15ClN2O2. The molecule has 4 nitrogen and oxygen atoms in total. The van der Waals surface area contributed by atoms with Crippen LogP contribution >= 0.6 is 11.6 Å². The van der Waals surface area contributed by atoms with Crippen LogP contribution in [0.4, 0.5) is 11.4 Å². The molecule has 0 radical (unpaired) electrons. The van der Waals surface area contributed by atoms with Crippen LogP contribution in [-0.4, -0.2) is 12.5 Å². The third-order valence-electron chi connectivity index (χ3n) is 2.66. The molecule has 0 aliphatic rings. The maximum atomic E-state index is 11.8. The number of hydrogen-bond acceptors (Lipinski definition) is 3. The SMILES string of the molecule is Nc1ccccc1NC(=O)CCOc1ccccc1Cl. The van der Waals surface area contributed by atoms with Crippen LogP contribution in [0.2, 0.25) is 5.02 Å². The van der Waals surface area contributed by atoms with E-state index in [9.17, 15) is 4.79 Å². The van der Waals surface area contributed by atoms with Crippen LogP contribution in [0.25, 0.3) is 0 Å². The first-order valence-corrected chi connectivity index (χ1v) is 6.56. The summed E-state index contributed by atoms with van der Waals surface area (Å²) in [6, 6.07) is 14.2. The standard InChI is InChI=1S/C15H15ClN2O2/c16-11-5-1-4-8-14(11)20-10-9-15(19)18-13-7-3-2-6-12(13)17/h1-8H,9-10,17H2,(H,18,19). The molecule has 0 saturated carbocycles. The highest BCUT2D eigenvalue weighted by atomic mass is 35.5. The van der Waals surface area contributed by atoms with Gasteiger partial charge in [0, 0.05) is 0 Å². The van der Waals surface area contributed by atoms with Gasteiger partial charge in [0.2, 0.25) is 5.91 Å². The summed E-state index contributed by atoms with van der Waals surface area (Å²) in [6.45, 7) is 0.252. The molecule has 0 saturated heterocycles. The summed E-state index contributed by atoms with van der Waals surface area (Å²) in [5.74, 6) is 0.413. The average molecular weight is 291 g/mol. The lowest BCUT2D eigenvalue weighted by Gasteiger charge is -2.09. The molecule has 0 aliphatic carbocycles. The number of amides is 1. The van der Waals surface area contributed by atoms with E-state index in [-0.39, 0.29) is 18.9 Å². The average Bonchev–Trinajstić information content (AvgIpc) is 2.43. The van der Waals surface area contributed by atoms with Crippen molar-refractivity contribution in [2.24, 2.45) is 0 Å². The highest BCUT2D eigenvalue weighted by Crippen LogP contribution is 2.23. The number of carbonyl (C=O) groups is 1. The van der Waals surface area contributed by atoms with Crippen LogP contribution in [0, 0.1) is 0 Å². The Labute approximate surface area is 122 Å². The third-order valence-corrected chi connectivity index (χ3v) is 2.97. The van der Waals surface area contributed by atoms with E-state index in [1.165, 1.54) is 0 Å². The van der Waals surface area contributed by atoms with E-state index in [1.54, 1.807) is 24.3 Å². The molecule has 0 bridgehead atoms. The molecule has 0 unspecified atom stereocenters. The quantitative estimate of drug-likeness (QED) is 0.830. The van der Waals surface area contributed by atoms with Crippen LogP contribution < -0.4 is 15.8 Å². The molecule has 2 aromatic rings. The summed E-state index contributed by atoms with van der Waals surface area (Å²) in [4.78, 5) is 11.8. The maximum Gasteiger partial charge on any atom is 0.227 e. The van der Waals surface area contributed by atoms with Crippen molar-refractivity contribution in [3.05, 3.63) is 53.6 Å². The highest BCUT2D eigenvalue weighted by molar-refractivity contribution is 6.32. The minimum Gasteiger partial charge on any atom is -0.491 e. The van der Waals surface area contributed by atoms with Crippen molar-refractivity contribution >= 4 is 28.9 Å². The van der Waals surface area contributed by atoms with Gasteiger partial charge in [0.1, 0.15) is 5.75 Å². The number of nitrogens with two attached hydrogens (primary N) is 1. The van der Waals surface area contributed by atoms with Crippen molar-refractivity contribution in [1.29, 1.82) is 0 Å². The summed E-state index contributed by atoms with van der Waals surface area (Å²) in [5, 5.41) is 3.26. The number of carbonyl (C=O) groups excluding carboxylic acids is 1. The predicted octanol–water partition coefficient (Wildman–Crippen LogP) is 3.33. The first kappa shape index (κ1) is 14.2. The van der Waals surface area contributed by atoms with Gasteiger partial charge < -0.3 is 15.8 Å². The van der Waals surface area contributed by atoms with Crippen molar-refractivity contribution in [3.8, 4) is 5.75 Å². The van der Waals surface area contributed by atoms with E-state index in [2.05, 4.69) is 5.32 Å². The zero-order valence-corrected chi connectivity index (χ0v) is 11.6. The second kappa shape index (κ2) is 6.82. The van der Waals surface area contributed by atoms with E-state index >= 15 is 0 Å². The molecule has 0 heterocycles. The van der Waals surface area contributed by atoms with Gasteiger partial charge in [-0.2, -0.15) is 0 Å². The smallest absolute Gasteiger partial charge is 0.227 e. The van der Waals surface area contributed by atoms with Crippen LogP contribution in [-0.2, 0) is 4.79 Å². The van der Waals surface area contributed by atoms with Gasteiger partial charge in [0.15, 0.2) is 0 Å². The first-order valence-electron chi connectivity index (χ1n) is 6.18. The number of ether oxygens (including phenoxy) is 1. The Morgan fingerprint density at radius 2 is 1.85 bits per heavy atom. The number of hydrogen-bond donors (Lipinski definition) is 2. The second-order valence-corrected chi connectivity index (χ2v) is 4.57. The fourth-order valence-electron chi connectivity index (χ4n) is 1.64. The molecule has 0 aromatic heterocycles. The van der Waals surface area contributed by atoms with Gasteiger partial charge in [-0.3, -0.25) is 4.79 Å². The molecule has 3 N–H and O–H groups in total. The number of rotatable bonds is 5. The maximum absolute atomic E-state index is 11.8. The molecule has 2 rings (SSSR count). The van der Waals surface area contributed by atoms with Crippen molar-refractivity contribution in [2.75, 3.05) is 17.7 Å². The Bertz CT molecular complexity index is 602. The summed E-state index contributed by atoms with van der Waals surface area (Å²) >= 11 is 5.95. The zero-order chi connectivity index (χ0) is 14.4. The fraction of sp³-hybridized carbons (Fsp3) is 0.133. The normalized spacial score (nSPS) is 10.1. The topological polar surface area (TPSA) is 64.3 Å². The molecule has 1 amide bonds. The third kappa shape index (κ3) is 3.90. The lowest BCUT2D eigenvalue weighted by Crippen LogP contribution is -2.16. The molecular weight excluding hydrogens is 276 g/mol. The Morgan fingerprint density at radius 1 is 1.15 bits per heavy atom. The Balaban J connectivity index is 1.82. The van der Waals surface area contributed by atoms with Gasteiger partial charge in [0.05, 0.1) is 29.4 Å². The molecule has 5 heteroatoms. The predicted molar refractivity (Wildman–Crippen MR) is 81.0 cm³/mol. The minimum atomic E-state index is -0.157. The minimum absolute atomic E-state index is 0.157. The lowest BCUT2D eigenvalue weighted by atomic mass is 10.2. The van der Waals surface area contributed by atoms with Crippen LogP contribution in [0.3, 0.4) is 0 Å². The number of benzene rings is 2. The van der Waals surface area contributed by atoms with Crippen LogP contribution in [0.1, 0.15) is 6.42 Å². The molecule has 0 atom stereocenters. The second-order valence-electron chi connectivity index (χ2n) is 4.16. The van der Waals surface area contributed by atoms with Crippen molar-refractivity contribution in [1.82, 2.24) is 0 Å². The van der Waals surface area contributed by atoms with Crippen molar-refractivity contribution in [2.45, 2.75) is 6.42 Å². The zero-order valence-electron chi connectivity index (χ0n) is 10.8. The van der Waals surface area contributed by atoms with Gasteiger partial charge >= 0.3 is 0 Å². The van der Waals surface area contributed by atoms with E-state index in [0.29, 0.717) is 22.1 Å². The number of para-hydroxylation sites is 3. The van der Waals surface area contributed by atoms with E-state index < -0.39 is 0 Å². The van der Waals surface area contributed by atoms with Gasteiger partial charge in [-0.05, 0) is 24.3 Å². The van der Waals surface area contributed by atoms with Crippen molar-refractivity contribution < 1.29 is 9.53 Å². The molecule has 0 aliphatic heterocycles. The Hall–Kier alpha value is -2.20. The molecule has 20 heavy (non-hydrogen) atoms. The number of halogens is 1.